The number of aromatic hydroxyl groups is 1. The molecule has 1 amide bonds. The number of phenols is 1. The molecule has 35 heavy (non-hydrogen) atoms. The summed E-state index contributed by atoms with van der Waals surface area (Å²) in [6, 6.07) is 20.1. The molecule has 0 aliphatic carbocycles. The van der Waals surface area contributed by atoms with Crippen LogP contribution in [-0.4, -0.2) is 19.4 Å². The van der Waals surface area contributed by atoms with Crippen molar-refractivity contribution in [3.63, 3.8) is 0 Å². The predicted octanol–water partition coefficient (Wildman–Crippen LogP) is 6.56. The van der Waals surface area contributed by atoms with E-state index in [-0.39, 0.29) is 22.0 Å². The lowest BCUT2D eigenvalue weighted by Crippen LogP contribution is -2.14. The summed E-state index contributed by atoms with van der Waals surface area (Å²) in [4.78, 5) is 12.5. The molecule has 3 N–H and O–H groups in total. The molecule has 4 aromatic rings. The highest BCUT2D eigenvalue weighted by Crippen LogP contribution is 2.34. The third-order valence-corrected chi connectivity index (χ3v) is 7.23. The highest BCUT2D eigenvalue weighted by molar-refractivity contribution is 7.92. The van der Waals surface area contributed by atoms with Gasteiger partial charge in [0, 0.05) is 16.8 Å². The van der Waals surface area contributed by atoms with Gasteiger partial charge in [0.2, 0.25) is 0 Å². The second kappa shape index (κ2) is 9.95. The van der Waals surface area contributed by atoms with Gasteiger partial charge in [-0.3, -0.25) is 9.52 Å². The van der Waals surface area contributed by atoms with Gasteiger partial charge in [0.15, 0.2) is 0 Å². The number of hydrogen-bond donors (Lipinski definition) is 3. The van der Waals surface area contributed by atoms with Gasteiger partial charge in [-0.1, -0.05) is 47.5 Å². The van der Waals surface area contributed by atoms with E-state index in [1.807, 2.05) is 6.07 Å². The number of carbonyl (C=O) groups is 1. The maximum atomic E-state index is 13.1. The van der Waals surface area contributed by atoms with Crippen LogP contribution in [0.25, 0.3) is 11.1 Å². The zero-order valence-corrected chi connectivity index (χ0v) is 20.1. The standard InChI is InChI=1S/C25H17Cl2FN2O4S/c26-21-3-1-2-20(24(21)27)15-4-6-16(7-5-15)25(32)29-18-10-13-23(31)22(14-18)30-35(33,34)19-11-8-17(28)9-12-19/h1-14,30-31H,(H,29,32). The fraction of sp³-hybridized carbons (Fsp3) is 0. The van der Waals surface area contributed by atoms with Gasteiger partial charge in [-0.05, 0) is 66.2 Å². The Balaban J connectivity index is 1.52. The van der Waals surface area contributed by atoms with Crippen LogP contribution in [0.5, 0.6) is 5.75 Å². The summed E-state index contributed by atoms with van der Waals surface area (Å²) in [6.45, 7) is 0. The molecular weight excluding hydrogens is 514 g/mol. The van der Waals surface area contributed by atoms with E-state index in [2.05, 4.69) is 10.0 Å². The van der Waals surface area contributed by atoms with Crippen molar-refractivity contribution < 1.29 is 22.7 Å². The van der Waals surface area contributed by atoms with Gasteiger partial charge in [-0.25, -0.2) is 12.8 Å². The van der Waals surface area contributed by atoms with Crippen LogP contribution < -0.4 is 10.0 Å². The normalized spacial score (nSPS) is 11.2. The number of benzene rings is 4. The van der Waals surface area contributed by atoms with E-state index in [1.54, 1.807) is 36.4 Å². The van der Waals surface area contributed by atoms with Gasteiger partial charge in [-0.2, -0.15) is 0 Å². The van der Waals surface area contributed by atoms with Crippen LogP contribution >= 0.6 is 23.2 Å². The van der Waals surface area contributed by atoms with Crippen molar-refractivity contribution in [1.82, 2.24) is 0 Å². The van der Waals surface area contributed by atoms with E-state index in [9.17, 15) is 22.7 Å². The first-order valence-corrected chi connectivity index (χ1v) is 12.4. The van der Waals surface area contributed by atoms with E-state index in [0.29, 0.717) is 15.6 Å². The summed E-state index contributed by atoms with van der Waals surface area (Å²) in [5, 5.41) is 13.6. The number of anilines is 2. The molecule has 0 heterocycles. The van der Waals surface area contributed by atoms with Crippen molar-refractivity contribution in [1.29, 1.82) is 0 Å². The molecule has 0 saturated carbocycles. The van der Waals surface area contributed by atoms with Gasteiger partial charge in [0.25, 0.3) is 15.9 Å². The highest BCUT2D eigenvalue weighted by atomic mass is 35.5. The molecule has 10 heteroatoms. The molecule has 0 bridgehead atoms. The Morgan fingerprint density at radius 2 is 1.57 bits per heavy atom. The highest BCUT2D eigenvalue weighted by Gasteiger charge is 2.17. The molecule has 0 fully saturated rings. The lowest BCUT2D eigenvalue weighted by Gasteiger charge is -2.12. The number of phenolic OH excluding ortho intramolecular Hbond substituents is 1. The second-order valence-corrected chi connectivity index (χ2v) is 9.89. The minimum Gasteiger partial charge on any atom is -0.506 e. The Hall–Kier alpha value is -3.59. The third kappa shape index (κ3) is 5.57. The summed E-state index contributed by atoms with van der Waals surface area (Å²) in [5.41, 5.74) is 1.93. The largest absolute Gasteiger partial charge is 0.506 e. The number of amides is 1. The molecule has 0 atom stereocenters. The summed E-state index contributed by atoms with van der Waals surface area (Å²) in [5.74, 6) is -1.39. The Morgan fingerprint density at radius 3 is 2.26 bits per heavy atom. The predicted molar refractivity (Wildman–Crippen MR) is 135 cm³/mol. The van der Waals surface area contributed by atoms with Crippen molar-refractivity contribution in [2.45, 2.75) is 4.90 Å². The Morgan fingerprint density at radius 1 is 0.886 bits per heavy atom. The minimum absolute atomic E-state index is 0.155. The van der Waals surface area contributed by atoms with Crippen molar-refractivity contribution in [3.05, 3.63) is 106 Å². The van der Waals surface area contributed by atoms with Gasteiger partial charge in [0.05, 0.1) is 20.6 Å². The SMILES string of the molecule is O=C(Nc1ccc(O)c(NS(=O)(=O)c2ccc(F)cc2)c1)c1ccc(-c2cccc(Cl)c2Cl)cc1. The van der Waals surface area contributed by atoms with Crippen molar-refractivity contribution in [2.24, 2.45) is 0 Å². The van der Waals surface area contributed by atoms with Crippen LogP contribution in [0.3, 0.4) is 0 Å². The number of hydrogen-bond acceptors (Lipinski definition) is 4. The zero-order valence-electron chi connectivity index (χ0n) is 17.8. The van der Waals surface area contributed by atoms with E-state index >= 15 is 0 Å². The molecule has 0 saturated heterocycles. The fourth-order valence-electron chi connectivity index (χ4n) is 3.24. The summed E-state index contributed by atoms with van der Waals surface area (Å²) >= 11 is 12.3. The van der Waals surface area contributed by atoms with Gasteiger partial charge in [-0.15, -0.1) is 0 Å². The van der Waals surface area contributed by atoms with Crippen molar-refractivity contribution in [3.8, 4) is 16.9 Å². The van der Waals surface area contributed by atoms with Crippen LogP contribution in [0.4, 0.5) is 15.8 Å². The van der Waals surface area contributed by atoms with Gasteiger partial charge < -0.3 is 10.4 Å². The molecule has 0 aromatic heterocycles. The summed E-state index contributed by atoms with van der Waals surface area (Å²) in [6.07, 6.45) is 0. The number of carbonyl (C=O) groups excluding carboxylic acids is 1. The smallest absolute Gasteiger partial charge is 0.262 e. The average Bonchev–Trinajstić information content (AvgIpc) is 2.83. The lowest BCUT2D eigenvalue weighted by atomic mass is 10.0. The van der Waals surface area contributed by atoms with Crippen LogP contribution in [0.2, 0.25) is 10.0 Å². The van der Waals surface area contributed by atoms with Crippen LogP contribution in [0.15, 0.2) is 89.8 Å². The first-order valence-electron chi connectivity index (χ1n) is 10.1. The molecule has 0 unspecified atom stereocenters. The van der Waals surface area contributed by atoms with E-state index in [4.69, 9.17) is 23.2 Å². The van der Waals surface area contributed by atoms with Crippen molar-refractivity contribution in [2.75, 3.05) is 10.0 Å². The second-order valence-electron chi connectivity index (χ2n) is 7.42. The monoisotopic (exact) mass is 530 g/mol. The van der Waals surface area contributed by atoms with Gasteiger partial charge >= 0.3 is 0 Å². The molecule has 178 valence electrons. The number of nitrogens with one attached hydrogen (secondary N) is 2. The van der Waals surface area contributed by atoms with Crippen LogP contribution in [0.1, 0.15) is 10.4 Å². The van der Waals surface area contributed by atoms with E-state index in [0.717, 1.165) is 35.4 Å². The first kappa shape index (κ1) is 24.5. The van der Waals surface area contributed by atoms with Crippen molar-refractivity contribution >= 4 is 50.5 Å². The molecule has 4 aromatic carbocycles. The minimum atomic E-state index is -4.10. The van der Waals surface area contributed by atoms with Crippen LogP contribution in [-0.2, 0) is 10.0 Å². The Kier molecular flexibility index (Phi) is 6.98. The topological polar surface area (TPSA) is 95.5 Å². The molecule has 4 rings (SSSR count). The zero-order chi connectivity index (χ0) is 25.2. The molecule has 0 aliphatic rings. The third-order valence-electron chi connectivity index (χ3n) is 5.03. The Bertz CT molecular complexity index is 1510. The Labute approximate surface area is 211 Å². The number of halogens is 3. The van der Waals surface area contributed by atoms with E-state index in [1.165, 1.54) is 18.2 Å². The average molecular weight is 531 g/mol. The van der Waals surface area contributed by atoms with Gasteiger partial charge in [0.1, 0.15) is 11.6 Å². The summed E-state index contributed by atoms with van der Waals surface area (Å²) < 4.78 is 40.5. The first-order chi connectivity index (χ1) is 16.6. The molecule has 6 nitrogen and oxygen atoms in total. The summed E-state index contributed by atoms with van der Waals surface area (Å²) in [7, 11) is -4.10. The molecular formula is C25H17Cl2FN2O4S. The molecule has 0 spiro atoms. The quantitative estimate of drug-likeness (QED) is 0.194. The van der Waals surface area contributed by atoms with Crippen LogP contribution in [0, 0.1) is 5.82 Å². The number of sulfonamides is 1. The fourth-order valence-corrected chi connectivity index (χ4v) is 4.72. The molecule has 0 radical (unpaired) electrons. The number of rotatable bonds is 6. The maximum Gasteiger partial charge on any atom is 0.262 e. The van der Waals surface area contributed by atoms with E-state index < -0.39 is 21.7 Å². The molecule has 0 aliphatic heterocycles. The lowest BCUT2D eigenvalue weighted by molar-refractivity contribution is 0.102. The maximum absolute atomic E-state index is 13.1.